The van der Waals surface area contributed by atoms with E-state index in [0.717, 1.165) is 10.2 Å². The zero-order valence-electron chi connectivity index (χ0n) is 7.42. The highest BCUT2D eigenvalue weighted by molar-refractivity contribution is 6.37. The summed E-state index contributed by atoms with van der Waals surface area (Å²) in [6.07, 6.45) is 1.65. The standard InChI is InChI=1S/C9H6Cl3N3/c10-7-4-2-1-3-6(7)8-5-9(11)14-15(12)13-8/h1-5,14H. The second-order valence-corrected chi connectivity index (χ2v) is 3.96. The Labute approximate surface area is 102 Å². The van der Waals surface area contributed by atoms with Crippen LogP contribution in [-0.2, 0) is 0 Å². The molecule has 1 heterocycles. The van der Waals surface area contributed by atoms with E-state index >= 15 is 0 Å². The Hall–Kier alpha value is -0.900. The van der Waals surface area contributed by atoms with Gasteiger partial charge in [-0.05, 0) is 6.07 Å². The predicted molar refractivity (Wildman–Crippen MR) is 62.8 cm³/mol. The maximum absolute atomic E-state index is 6.02. The first-order valence-corrected chi connectivity index (χ1v) is 5.19. The van der Waals surface area contributed by atoms with E-state index in [4.69, 9.17) is 35.0 Å². The largest absolute Gasteiger partial charge is 0.256 e. The van der Waals surface area contributed by atoms with Crippen molar-refractivity contribution < 1.29 is 0 Å². The topological polar surface area (TPSA) is 27.6 Å². The highest BCUT2D eigenvalue weighted by Crippen LogP contribution is 2.20. The molecule has 2 rings (SSSR count). The molecule has 0 radical (unpaired) electrons. The summed E-state index contributed by atoms with van der Waals surface area (Å²) in [5.74, 6) is 0. The molecule has 1 aliphatic rings. The number of hydrazine groups is 1. The van der Waals surface area contributed by atoms with Crippen LogP contribution in [0, 0.1) is 0 Å². The van der Waals surface area contributed by atoms with Gasteiger partial charge in [0, 0.05) is 11.6 Å². The summed E-state index contributed by atoms with van der Waals surface area (Å²) < 4.78 is 1.01. The minimum atomic E-state index is 0.384. The maximum Gasteiger partial charge on any atom is 0.125 e. The maximum atomic E-state index is 6.02. The number of hydrogen-bond acceptors (Lipinski definition) is 3. The van der Waals surface area contributed by atoms with Crippen LogP contribution in [0.15, 0.2) is 40.6 Å². The molecule has 0 saturated carbocycles. The Balaban J connectivity index is 2.44. The van der Waals surface area contributed by atoms with E-state index < -0.39 is 0 Å². The number of nitrogens with one attached hydrogen (secondary N) is 1. The summed E-state index contributed by atoms with van der Waals surface area (Å²) in [7, 11) is 0. The number of rotatable bonds is 1. The molecule has 1 N–H and O–H groups in total. The Kier molecular flexibility index (Phi) is 3.05. The Morgan fingerprint density at radius 2 is 1.93 bits per heavy atom. The van der Waals surface area contributed by atoms with Gasteiger partial charge in [-0.2, -0.15) is 0 Å². The number of halogens is 3. The summed E-state index contributed by atoms with van der Waals surface area (Å²) in [6, 6.07) is 7.34. The molecular formula is C9H6Cl3N3. The van der Waals surface area contributed by atoms with E-state index in [2.05, 4.69) is 10.5 Å². The highest BCUT2D eigenvalue weighted by Gasteiger charge is 2.13. The molecule has 0 fully saturated rings. The van der Waals surface area contributed by atoms with E-state index in [0.29, 0.717) is 15.9 Å². The molecule has 0 bridgehead atoms. The lowest BCUT2D eigenvalue weighted by Gasteiger charge is -2.18. The molecule has 0 saturated heterocycles. The Bertz CT molecular complexity index is 442. The molecule has 0 spiro atoms. The molecule has 0 amide bonds. The van der Waals surface area contributed by atoms with E-state index in [1.54, 1.807) is 12.1 Å². The Morgan fingerprint density at radius 3 is 2.60 bits per heavy atom. The van der Waals surface area contributed by atoms with Gasteiger partial charge in [0.2, 0.25) is 0 Å². The van der Waals surface area contributed by atoms with Crippen LogP contribution >= 0.6 is 35.0 Å². The van der Waals surface area contributed by atoms with Gasteiger partial charge in [0.1, 0.15) is 5.16 Å². The van der Waals surface area contributed by atoms with E-state index in [1.165, 1.54) is 0 Å². The van der Waals surface area contributed by atoms with Gasteiger partial charge in [-0.3, -0.25) is 5.43 Å². The fourth-order valence-electron chi connectivity index (χ4n) is 1.19. The van der Waals surface area contributed by atoms with Crippen LogP contribution in [0.25, 0.3) is 0 Å². The molecule has 78 valence electrons. The third-order valence-electron chi connectivity index (χ3n) is 1.81. The first-order chi connectivity index (χ1) is 7.16. The molecule has 1 aromatic rings. The number of allylic oxidation sites excluding steroid dienone is 1. The molecule has 1 aliphatic heterocycles. The first-order valence-electron chi connectivity index (χ1n) is 4.10. The lowest BCUT2D eigenvalue weighted by Crippen LogP contribution is -2.28. The lowest BCUT2D eigenvalue weighted by molar-refractivity contribution is 0.405. The van der Waals surface area contributed by atoms with Gasteiger partial charge < -0.3 is 0 Å². The third kappa shape index (κ3) is 2.37. The van der Waals surface area contributed by atoms with Gasteiger partial charge in [0.15, 0.2) is 0 Å². The van der Waals surface area contributed by atoms with Gasteiger partial charge in [-0.1, -0.05) is 41.4 Å². The monoisotopic (exact) mass is 261 g/mol. The number of hydrogen-bond donors (Lipinski definition) is 1. The van der Waals surface area contributed by atoms with Crippen molar-refractivity contribution in [2.24, 2.45) is 5.10 Å². The SMILES string of the molecule is ClC1=CC(c2ccccc2Cl)=NN(Cl)N1. The van der Waals surface area contributed by atoms with E-state index in [1.807, 2.05) is 18.2 Å². The molecular weight excluding hydrogens is 256 g/mol. The van der Waals surface area contributed by atoms with Crippen molar-refractivity contribution in [1.29, 1.82) is 0 Å². The number of nitrogens with zero attached hydrogens (tertiary/aromatic N) is 2. The minimum absolute atomic E-state index is 0.384. The van der Waals surface area contributed by atoms with Crippen molar-refractivity contribution in [1.82, 2.24) is 10.1 Å². The molecule has 3 nitrogen and oxygen atoms in total. The van der Waals surface area contributed by atoms with Crippen LogP contribution < -0.4 is 5.43 Å². The Morgan fingerprint density at radius 1 is 1.20 bits per heavy atom. The molecule has 0 aliphatic carbocycles. The highest BCUT2D eigenvalue weighted by atomic mass is 35.5. The molecule has 15 heavy (non-hydrogen) atoms. The normalized spacial score (nSPS) is 15.5. The zero-order valence-corrected chi connectivity index (χ0v) is 9.68. The third-order valence-corrected chi connectivity index (χ3v) is 2.49. The van der Waals surface area contributed by atoms with Gasteiger partial charge >= 0.3 is 0 Å². The van der Waals surface area contributed by atoms with Gasteiger partial charge in [0.05, 0.1) is 22.5 Å². The smallest absolute Gasteiger partial charge is 0.125 e. The van der Waals surface area contributed by atoms with Crippen molar-refractivity contribution in [2.75, 3.05) is 0 Å². The number of benzene rings is 1. The van der Waals surface area contributed by atoms with E-state index in [-0.39, 0.29) is 0 Å². The molecule has 0 atom stereocenters. The van der Waals surface area contributed by atoms with Crippen molar-refractivity contribution in [3.05, 3.63) is 46.1 Å². The lowest BCUT2D eigenvalue weighted by atomic mass is 10.1. The van der Waals surface area contributed by atoms with Crippen molar-refractivity contribution >= 4 is 40.7 Å². The quantitative estimate of drug-likeness (QED) is 0.622. The summed E-state index contributed by atoms with van der Waals surface area (Å²) in [6.45, 7) is 0. The number of hydrazone groups is 1. The van der Waals surface area contributed by atoms with E-state index in [9.17, 15) is 0 Å². The van der Waals surface area contributed by atoms with Crippen LogP contribution in [-0.4, -0.2) is 10.3 Å². The van der Waals surface area contributed by atoms with Crippen molar-refractivity contribution in [3.8, 4) is 0 Å². The van der Waals surface area contributed by atoms with Gasteiger partial charge in [-0.25, -0.2) is 0 Å². The van der Waals surface area contributed by atoms with Crippen molar-refractivity contribution in [2.45, 2.75) is 0 Å². The second kappa shape index (κ2) is 4.31. The molecule has 0 unspecified atom stereocenters. The zero-order chi connectivity index (χ0) is 10.8. The van der Waals surface area contributed by atoms with Gasteiger partial charge in [0.25, 0.3) is 0 Å². The summed E-state index contributed by atoms with van der Waals surface area (Å²) in [4.78, 5) is 0. The van der Waals surface area contributed by atoms with Crippen LogP contribution in [0.1, 0.15) is 5.56 Å². The van der Waals surface area contributed by atoms with Crippen LogP contribution in [0.2, 0.25) is 5.02 Å². The van der Waals surface area contributed by atoms with Crippen LogP contribution in [0.4, 0.5) is 0 Å². The summed E-state index contributed by atoms with van der Waals surface area (Å²) >= 11 is 17.5. The average molecular weight is 263 g/mol. The molecule has 1 aromatic carbocycles. The molecule has 0 aromatic heterocycles. The minimum Gasteiger partial charge on any atom is -0.256 e. The van der Waals surface area contributed by atoms with Crippen LogP contribution in [0.3, 0.4) is 0 Å². The van der Waals surface area contributed by atoms with Crippen LogP contribution in [0.5, 0.6) is 0 Å². The average Bonchev–Trinajstić information content (AvgIpc) is 2.16. The summed E-state index contributed by atoms with van der Waals surface area (Å²) in [5, 5.41) is 5.01. The molecule has 6 heteroatoms. The summed E-state index contributed by atoms with van der Waals surface area (Å²) in [5.41, 5.74) is 3.99. The predicted octanol–water partition coefficient (Wildman–Crippen LogP) is 3.10. The first kappa shape index (κ1) is 10.6. The van der Waals surface area contributed by atoms with Gasteiger partial charge in [-0.15, -0.1) is 9.74 Å². The second-order valence-electron chi connectivity index (χ2n) is 2.83. The van der Waals surface area contributed by atoms with Crippen molar-refractivity contribution in [3.63, 3.8) is 0 Å². The fraction of sp³-hybridized carbons (Fsp3) is 0. The fourth-order valence-corrected chi connectivity index (χ4v) is 1.82.